The van der Waals surface area contributed by atoms with E-state index in [2.05, 4.69) is 0 Å². The van der Waals surface area contributed by atoms with Gasteiger partial charge in [-0.1, -0.05) is 0 Å². The van der Waals surface area contributed by atoms with Crippen molar-refractivity contribution in [3.8, 4) is 0 Å². The van der Waals surface area contributed by atoms with Crippen LogP contribution in [0, 0.1) is 0 Å². The van der Waals surface area contributed by atoms with Gasteiger partial charge in [-0.25, -0.2) is 0 Å². The molecule has 0 spiro atoms. The van der Waals surface area contributed by atoms with Crippen molar-refractivity contribution in [3.63, 3.8) is 0 Å². The maximum absolute atomic E-state index is 9.78. The molecule has 0 aromatic rings. The van der Waals surface area contributed by atoms with Crippen LogP contribution in [-0.4, -0.2) is 25.5 Å². The second-order valence-corrected chi connectivity index (χ2v) is 1.58. The number of ether oxygens (including phenoxy) is 1. The minimum absolute atomic E-state index is 0.229. The summed E-state index contributed by atoms with van der Waals surface area (Å²) >= 11 is 0. The van der Waals surface area contributed by atoms with Gasteiger partial charge < -0.3 is 10.5 Å². The van der Waals surface area contributed by atoms with Crippen LogP contribution in [0.5, 0.6) is 0 Å². The Hall–Kier alpha value is -0.410. The molecule has 0 aliphatic rings. The Morgan fingerprint density at radius 2 is 2.25 bits per heavy atom. The van der Waals surface area contributed by atoms with Crippen LogP contribution in [0.4, 0.5) is 0 Å². The molecule has 1 radical (unpaired) electrons. The van der Waals surface area contributed by atoms with E-state index in [-0.39, 0.29) is 6.10 Å². The van der Waals surface area contributed by atoms with Crippen LogP contribution in [0.3, 0.4) is 0 Å². The van der Waals surface area contributed by atoms with E-state index in [9.17, 15) is 4.79 Å². The van der Waals surface area contributed by atoms with Crippen molar-refractivity contribution in [1.82, 2.24) is 0 Å². The molecule has 1 unspecified atom stereocenters. The first kappa shape index (κ1) is 7.59. The summed E-state index contributed by atoms with van der Waals surface area (Å²) in [4.78, 5) is 9.78. The Kier molecular flexibility index (Phi) is 3.39. The molecule has 0 saturated heterocycles. The lowest BCUT2D eigenvalue weighted by Gasteiger charge is -2.09. The lowest BCUT2D eigenvalue weighted by Crippen LogP contribution is -2.34. The first-order valence-corrected chi connectivity index (χ1v) is 2.38. The zero-order valence-electron chi connectivity index (χ0n) is 5.05. The highest BCUT2D eigenvalue weighted by molar-refractivity contribution is 5.58. The Balaban J connectivity index is 3.44. The summed E-state index contributed by atoms with van der Waals surface area (Å²) in [5.41, 5.74) is 5.18. The molecular weight excluding hydrogens is 106 g/mol. The van der Waals surface area contributed by atoms with E-state index in [4.69, 9.17) is 10.5 Å². The molecule has 0 aliphatic carbocycles. The molecule has 0 fully saturated rings. The monoisotopic (exact) mass is 116 g/mol. The van der Waals surface area contributed by atoms with Crippen molar-refractivity contribution < 1.29 is 9.53 Å². The van der Waals surface area contributed by atoms with Gasteiger partial charge in [0.05, 0.1) is 12.1 Å². The van der Waals surface area contributed by atoms with Crippen LogP contribution in [0.2, 0.25) is 0 Å². The molecule has 0 bridgehead atoms. The van der Waals surface area contributed by atoms with Gasteiger partial charge in [0, 0.05) is 7.11 Å². The summed E-state index contributed by atoms with van der Waals surface area (Å²) in [6.07, 6.45) is 1.39. The number of rotatable bonds is 3. The van der Waals surface area contributed by atoms with Gasteiger partial charge in [-0.15, -0.1) is 0 Å². The largest absolute Gasteiger partial charge is 0.380 e. The fraction of sp³-hybridized carbons (Fsp3) is 0.800. The molecule has 3 heteroatoms. The predicted molar refractivity (Wildman–Crippen MR) is 30.1 cm³/mol. The van der Waals surface area contributed by atoms with Crippen molar-refractivity contribution in [2.75, 3.05) is 7.11 Å². The first-order valence-electron chi connectivity index (χ1n) is 2.38. The zero-order chi connectivity index (χ0) is 6.57. The molecule has 0 rings (SSSR count). The maximum Gasteiger partial charge on any atom is 0.219 e. The average Bonchev–Trinajstić information content (AvgIpc) is 1.84. The van der Waals surface area contributed by atoms with E-state index in [0.717, 1.165) is 0 Å². The minimum Gasteiger partial charge on any atom is -0.380 e. The highest BCUT2D eigenvalue weighted by Gasteiger charge is 2.09. The van der Waals surface area contributed by atoms with Crippen LogP contribution in [0.15, 0.2) is 0 Å². The number of hydrogen-bond acceptors (Lipinski definition) is 3. The Morgan fingerprint density at radius 1 is 1.75 bits per heavy atom. The summed E-state index contributed by atoms with van der Waals surface area (Å²) in [5, 5.41) is 0. The third-order valence-electron chi connectivity index (χ3n) is 1.01. The second-order valence-electron chi connectivity index (χ2n) is 1.58. The molecule has 47 valence electrons. The van der Waals surface area contributed by atoms with E-state index < -0.39 is 6.04 Å². The van der Waals surface area contributed by atoms with Crippen LogP contribution < -0.4 is 5.73 Å². The molecule has 0 amide bonds. The average molecular weight is 116 g/mol. The van der Waals surface area contributed by atoms with Crippen LogP contribution >= 0.6 is 0 Å². The summed E-state index contributed by atoms with van der Waals surface area (Å²) in [6.45, 7) is 1.72. The summed E-state index contributed by atoms with van der Waals surface area (Å²) in [5.74, 6) is 0. The van der Waals surface area contributed by atoms with Crippen LogP contribution in [0.25, 0.3) is 0 Å². The van der Waals surface area contributed by atoms with Gasteiger partial charge in [-0.2, -0.15) is 0 Å². The van der Waals surface area contributed by atoms with Crippen molar-refractivity contribution in [3.05, 3.63) is 0 Å². The molecule has 0 aromatic heterocycles. The standard InChI is InChI=1S/C5H10NO2/c1-4(8-2)5(6)3-7/h4-5H,6H2,1-2H3/t4?,5-/m0/s1. The quantitative estimate of drug-likeness (QED) is 0.538. The second kappa shape index (κ2) is 3.57. The molecule has 0 aliphatic heterocycles. The predicted octanol–water partition coefficient (Wildman–Crippen LogP) is -0.542. The normalized spacial score (nSPS) is 17.4. The SMILES string of the molecule is COC(C)[C@@H](N)[C]=O. The van der Waals surface area contributed by atoms with Crippen molar-refractivity contribution in [2.45, 2.75) is 19.1 Å². The smallest absolute Gasteiger partial charge is 0.219 e. The van der Waals surface area contributed by atoms with Gasteiger partial charge in [0.25, 0.3) is 0 Å². The molecule has 2 N–H and O–H groups in total. The molecular formula is C5H10NO2. The lowest BCUT2D eigenvalue weighted by atomic mass is 10.2. The van der Waals surface area contributed by atoms with Crippen molar-refractivity contribution >= 4 is 6.29 Å². The van der Waals surface area contributed by atoms with Crippen LogP contribution in [0.1, 0.15) is 6.92 Å². The Labute approximate surface area is 48.8 Å². The zero-order valence-corrected chi connectivity index (χ0v) is 5.05. The van der Waals surface area contributed by atoms with E-state index in [1.165, 1.54) is 7.11 Å². The van der Waals surface area contributed by atoms with Crippen molar-refractivity contribution in [1.29, 1.82) is 0 Å². The topological polar surface area (TPSA) is 52.3 Å². The molecule has 0 heterocycles. The van der Waals surface area contributed by atoms with E-state index in [1.807, 2.05) is 0 Å². The van der Waals surface area contributed by atoms with Gasteiger partial charge in [0.2, 0.25) is 6.29 Å². The van der Waals surface area contributed by atoms with E-state index >= 15 is 0 Å². The molecule has 8 heavy (non-hydrogen) atoms. The third kappa shape index (κ3) is 2.04. The first-order chi connectivity index (χ1) is 3.72. The van der Waals surface area contributed by atoms with E-state index in [0.29, 0.717) is 0 Å². The van der Waals surface area contributed by atoms with E-state index in [1.54, 1.807) is 13.2 Å². The molecule has 0 saturated carbocycles. The van der Waals surface area contributed by atoms with Gasteiger partial charge in [0.1, 0.15) is 0 Å². The summed E-state index contributed by atoms with van der Waals surface area (Å²) in [6, 6.07) is -0.611. The van der Waals surface area contributed by atoms with Gasteiger partial charge in [-0.05, 0) is 6.92 Å². The van der Waals surface area contributed by atoms with Gasteiger partial charge in [-0.3, -0.25) is 4.79 Å². The van der Waals surface area contributed by atoms with Crippen LogP contribution in [-0.2, 0) is 9.53 Å². The number of hydrogen-bond donors (Lipinski definition) is 1. The van der Waals surface area contributed by atoms with Gasteiger partial charge in [0.15, 0.2) is 0 Å². The highest BCUT2D eigenvalue weighted by Crippen LogP contribution is 1.88. The molecule has 2 atom stereocenters. The van der Waals surface area contributed by atoms with Gasteiger partial charge >= 0.3 is 0 Å². The fourth-order valence-corrected chi connectivity index (χ4v) is 0.242. The number of nitrogens with two attached hydrogens (primary N) is 1. The fourth-order valence-electron chi connectivity index (χ4n) is 0.242. The summed E-state index contributed by atoms with van der Waals surface area (Å²) in [7, 11) is 1.50. The summed E-state index contributed by atoms with van der Waals surface area (Å²) < 4.78 is 4.72. The lowest BCUT2D eigenvalue weighted by molar-refractivity contribution is 0.111. The highest BCUT2D eigenvalue weighted by atomic mass is 16.5. The maximum atomic E-state index is 9.78. The number of carbonyl (C=O) groups excluding carboxylic acids is 1. The molecule has 0 aromatic carbocycles. The Morgan fingerprint density at radius 3 is 2.38 bits per heavy atom. The minimum atomic E-state index is -0.611. The molecule has 3 nitrogen and oxygen atoms in total. The Bertz CT molecular complexity index is 74.8. The van der Waals surface area contributed by atoms with Crippen molar-refractivity contribution in [2.24, 2.45) is 5.73 Å². The third-order valence-corrected chi connectivity index (χ3v) is 1.01. The number of methoxy groups -OCH3 is 1.